The third-order valence-corrected chi connectivity index (χ3v) is 7.34. The molecule has 1 aliphatic rings. The molecule has 1 saturated heterocycles. The molecule has 0 radical (unpaired) electrons. The number of para-hydroxylation sites is 1. The van der Waals surface area contributed by atoms with E-state index in [-0.39, 0.29) is 34.3 Å². The Morgan fingerprint density at radius 2 is 1.40 bits per heavy atom. The van der Waals surface area contributed by atoms with Gasteiger partial charge >= 0.3 is 12.4 Å². The van der Waals surface area contributed by atoms with Gasteiger partial charge in [-0.25, -0.2) is 9.98 Å². The van der Waals surface area contributed by atoms with Crippen molar-refractivity contribution in [1.29, 1.82) is 0 Å². The molecular weight excluding hydrogens is 578 g/mol. The molecule has 3 aromatic carbocycles. The standard InChI is InChI=1S/C31H31ClF6N4/c1-18-12-21(4)28(26(13-18)31(36,37)38)40-29(23-14-24(30(33,34)35)16-25(32)15-23)42-11-7-10-41(17-42)22(5)39-27-19(2)8-6-9-20(27)3/h6,8-9,12-16H,7,10-11,17H2,1-5H3/b39-22+,40-29+. The first-order chi connectivity index (χ1) is 19.5. The van der Waals surface area contributed by atoms with Crippen LogP contribution in [0.3, 0.4) is 0 Å². The lowest BCUT2D eigenvalue weighted by Crippen LogP contribution is -2.49. The van der Waals surface area contributed by atoms with E-state index in [1.54, 1.807) is 17.9 Å². The number of hydrogen-bond acceptors (Lipinski definition) is 2. The molecule has 0 bridgehead atoms. The summed E-state index contributed by atoms with van der Waals surface area (Å²) in [7, 11) is 0. The third kappa shape index (κ3) is 7.09. The zero-order chi connectivity index (χ0) is 31.0. The maximum atomic E-state index is 14.2. The number of rotatable bonds is 3. The van der Waals surface area contributed by atoms with Crippen molar-refractivity contribution in [2.45, 2.75) is 53.4 Å². The number of halogens is 7. The van der Waals surface area contributed by atoms with Crippen molar-refractivity contribution >= 4 is 34.6 Å². The van der Waals surface area contributed by atoms with Crippen molar-refractivity contribution < 1.29 is 26.3 Å². The summed E-state index contributed by atoms with van der Waals surface area (Å²) in [6.07, 6.45) is -8.87. The second-order valence-electron chi connectivity index (χ2n) is 10.6. The highest BCUT2D eigenvalue weighted by atomic mass is 35.5. The van der Waals surface area contributed by atoms with Crippen molar-refractivity contribution in [3.05, 3.63) is 92.5 Å². The van der Waals surface area contributed by atoms with E-state index in [0.29, 0.717) is 30.9 Å². The largest absolute Gasteiger partial charge is 0.418 e. The Hall–Kier alpha value is -3.53. The number of benzene rings is 3. The van der Waals surface area contributed by atoms with Gasteiger partial charge in [-0.1, -0.05) is 41.4 Å². The molecule has 4 rings (SSSR count). The summed E-state index contributed by atoms with van der Waals surface area (Å²) < 4.78 is 83.7. The van der Waals surface area contributed by atoms with Gasteiger partial charge in [0.1, 0.15) is 11.7 Å². The van der Waals surface area contributed by atoms with Gasteiger partial charge in [0.2, 0.25) is 0 Å². The normalized spacial score (nSPS) is 15.4. The fourth-order valence-electron chi connectivity index (χ4n) is 5.08. The predicted molar refractivity (Wildman–Crippen MR) is 155 cm³/mol. The number of aliphatic imine (C=N–C) groups is 2. The van der Waals surface area contributed by atoms with Crippen LogP contribution in [0.5, 0.6) is 0 Å². The van der Waals surface area contributed by atoms with E-state index in [9.17, 15) is 26.3 Å². The molecule has 0 saturated carbocycles. The molecule has 1 heterocycles. The molecule has 0 aliphatic carbocycles. The number of alkyl halides is 6. The van der Waals surface area contributed by atoms with E-state index in [4.69, 9.17) is 16.6 Å². The van der Waals surface area contributed by atoms with Gasteiger partial charge in [0, 0.05) is 23.7 Å². The number of amidine groups is 2. The van der Waals surface area contributed by atoms with Crippen LogP contribution in [0, 0.1) is 27.7 Å². The quantitative estimate of drug-likeness (QED) is 0.168. The zero-order valence-corrected chi connectivity index (χ0v) is 24.6. The van der Waals surface area contributed by atoms with Gasteiger partial charge in [0.25, 0.3) is 0 Å². The Morgan fingerprint density at radius 3 is 2.02 bits per heavy atom. The lowest BCUT2D eigenvalue weighted by Gasteiger charge is -2.39. The van der Waals surface area contributed by atoms with Crippen LogP contribution in [0.15, 0.2) is 58.5 Å². The van der Waals surface area contributed by atoms with Crippen LogP contribution < -0.4 is 0 Å². The van der Waals surface area contributed by atoms with Crippen LogP contribution in [-0.4, -0.2) is 41.2 Å². The average Bonchev–Trinajstić information content (AvgIpc) is 2.88. The third-order valence-electron chi connectivity index (χ3n) is 7.12. The second-order valence-corrected chi connectivity index (χ2v) is 11.0. The van der Waals surface area contributed by atoms with Gasteiger partial charge < -0.3 is 9.80 Å². The molecule has 1 aliphatic heterocycles. The van der Waals surface area contributed by atoms with Crippen LogP contribution in [-0.2, 0) is 12.4 Å². The summed E-state index contributed by atoms with van der Waals surface area (Å²) in [4.78, 5) is 12.9. The van der Waals surface area contributed by atoms with Gasteiger partial charge in [-0.2, -0.15) is 26.3 Å². The van der Waals surface area contributed by atoms with Crippen molar-refractivity contribution in [3.63, 3.8) is 0 Å². The minimum atomic E-state index is -4.73. The molecule has 4 nitrogen and oxygen atoms in total. The number of aryl methyl sites for hydroxylation is 4. The van der Waals surface area contributed by atoms with Crippen molar-refractivity contribution in [3.8, 4) is 0 Å². The molecule has 0 atom stereocenters. The molecule has 0 amide bonds. The van der Waals surface area contributed by atoms with Crippen molar-refractivity contribution in [1.82, 2.24) is 9.80 Å². The molecule has 11 heteroatoms. The summed E-state index contributed by atoms with van der Waals surface area (Å²) in [5.41, 5.74) is 1.06. The molecule has 3 aromatic rings. The first kappa shape index (κ1) is 31.4. The van der Waals surface area contributed by atoms with Crippen LogP contribution in [0.2, 0.25) is 5.02 Å². The summed E-state index contributed by atoms with van der Waals surface area (Å²) in [5, 5.41) is -0.203. The Balaban J connectivity index is 1.87. The Morgan fingerprint density at radius 1 is 0.762 bits per heavy atom. The fourth-order valence-corrected chi connectivity index (χ4v) is 5.32. The van der Waals surface area contributed by atoms with Crippen LogP contribution in [0.1, 0.15) is 52.3 Å². The van der Waals surface area contributed by atoms with Gasteiger partial charge in [0.05, 0.1) is 29.2 Å². The first-order valence-electron chi connectivity index (χ1n) is 13.3. The molecule has 42 heavy (non-hydrogen) atoms. The topological polar surface area (TPSA) is 31.2 Å². The SMILES string of the molecule is C/C(=N\c1c(C)cccc1C)N1CCCN(/C(=N/c2c(C)cc(C)cc2C(F)(F)F)c2cc(Cl)cc(C(F)(F)F)c2)C1. The van der Waals surface area contributed by atoms with Crippen molar-refractivity contribution in [2.75, 3.05) is 19.8 Å². The highest BCUT2D eigenvalue weighted by Gasteiger charge is 2.36. The second kappa shape index (κ2) is 12.0. The molecule has 0 unspecified atom stereocenters. The van der Waals surface area contributed by atoms with Crippen LogP contribution in [0.4, 0.5) is 37.7 Å². The number of nitrogens with zero attached hydrogens (tertiary/aromatic N) is 4. The summed E-state index contributed by atoms with van der Waals surface area (Å²) in [5.74, 6) is 0.631. The van der Waals surface area contributed by atoms with E-state index in [1.165, 1.54) is 13.0 Å². The molecule has 0 aromatic heterocycles. The molecule has 1 fully saturated rings. The predicted octanol–water partition coefficient (Wildman–Crippen LogP) is 9.40. The Labute approximate surface area is 246 Å². The van der Waals surface area contributed by atoms with E-state index in [0.717, 1.165) is 35.0 Å². The van der Waals surface area contributed by atoms with Gasteiger partial charge in [-0.05, 0) is 82.0 Å². The zero-order valence-electron chi connectivity index (χ0n) is 23.9. The van der Waals surface area contributed by atoms with E-state index < -0.39 is 23.5 Å². The number of hydrogen-bond donors (Lipinski definition) is 0. The molecule has 224 valence electrons. The Kier molecular flexibility index (Phi) is 8.97. The highest BCUT2D eigenvalue weighted by Crippen LogP contribution is 2.40. The van der Waals surface area contributed by atoms with Crippen LogP contribution >= 0.6 is 11.6 Å². The first-order valence-corrected chi connectivity index (χ1v) is 13.7. The highest BCUT2D eigenvalue weighted by molar-refractivity contribution is 6.31. The minimum Gasteiger partial charge on any atom is -0.342 e. The van der Waals surface area contributed by atoms with E-state index >= 15 is 0 Å². The molecule has 0 N–H and O–H groups in total. The molecular formula is C31H31ClF6N4. The lowest BCUT2D eigenvalue weighted by molar-refractivity contribution is -0.138. The average molecular weight is 609 g/mol. The van der Waals surface area contributed by atoms with E-state index in [2.05, 4.69) is 4.99 Å². The summed E-state index contributed by atoms with van der Waals surface area (Å²) >= 11 is 6.11. The summed E-state index contributed by atoms with van der Waals surface area (Å²) in [6.45, 7) is 9.89. The minimum absolute atomic E-state index is 0.0332. The van der Waals surface area contributed by atoms with Gasteiger partial charge in [0.15, 0.2) is 0 Å². The monoisotopic (exact) mass is 608 g/mol. The van der Waals surface area contributed by atoms with E-state index in [1.807, 2.05) is 43.9 Å². The van der Waals surface area contributed by atoms with Crippen LogP contribution in [0.25, 0.3) is 0 Å². The molecule has 0 spiro atoms. The lowest BCUT2D eigenvalue weighted by atomic mass is 10.0. The fraction of sp³-hybridized carbons (Fsp3) is 0.355. The maximum Gasteiger partial charge on any atom is 0.418 e. The van der Waals surface area contributed by atoms with Gasteiger partial charge in [-0.3, -0.25) is 0 Å². The Bertz CT molecular complexity index is 1520. The maximum absolute atomic E-state index is 14.2. The van der Waals surface area contributed by atoms with Crippen molar-refractivity contribution in [2.24, 2.45) is 9.98 Å². The smallest absolute Gasteiger partial charge is 0.342 e. The van der Waals surface area contributed by atoms with Gasteiger partial charge in [-0.15, -0.1) is 0 Å². The summed E-state index contributed by atoms with van der Waals surface area (Å²) in [6, 6.07) is 11.3.